The van der Waals surface area contributed by atoms with Crippen molar-refractivity contribution in [2.45, 2.75) is 26.7 Å². The summed E-state index contributed by atoms with van der Waals surface area (Å²) in [6.45, 7) is 6.25. The summed E-state index contributed by atoms with van der Waals surface area (Å²) in [5, 5.41) is 9.03. The van der Waals surface area contributed by atoms with Crippen LogP contribution >= 0.6 is 22.7 Å². The third-order valence-electron chi connectivity index (χ3n) is 4.37. The number of aromatic nitrogens is 3. The van der Waals surface area contributed by atoms with Crippen molar-refractivity contribution in [1.82, 2.24) is 14.8 Å². The van der Waals surface area contributed by atoms with E-state index in [0.29, 0.717) is 15.9 Å². The van der Waals surface area contributed by atoms with Crippen LogP contribution in [0.5, 0.6) is 0 Å². The first kappa shape index (κ1) is 17.9. The zero-order chi connectivity index (χ0) is 19.1. The van der Waals surface area contributed by atoms with Gasteiger partial charge in [0.1, 0.15) is 4.83 Å². The summed E-state index contributed by atoms with van der Waals surface area (Å²) in [7, 11) is 1.90. The molecular weight excluding hydrogens is 376 g/mol. The number of hydrogen-bond donors (Lipinski definition) is 1. The van der Waals surface area contributed by atoms with Gasteiger partial charge in [-0.05, 0) is 18.9 Å². The zero-order valence-corrected chi connectivity index (χ0v) is 17.2. The Bertz CT molecular complexity index is 1090. The van der Waals surface area contributed by atoms with Gasteiger partial charge in [0, 0.05) is 22.9 Å². The quantitative estimate of drug-likeness (QED) is 0.499. The van der Waals surface area contributed by atoms with Crippen LogP contribution in [0.25, 0.3) is 21.5 Å². The lowest BCUT2D eigenvalue weighted by Gasteiger charge is -2.04. The number of thiazole rings is 1. The van der Waals surface area contributed by atoms with Gasteiger partial charge in [-0.15, -0.1) is 22.7 Å². The molecule has 1 aromatic carbocycles. The highest BCUT2D eigenvalue weighted by molar-refractivity contribution is 7.20. The highest BCUT2D eigenvalue weighted by Crippen LogP contribution is 2.36. The number of fused-ring (bicyclic) bond motifs is 1. The first-order valence-corrected chi connectivity index (χ1v) is 10.4. The van der Waals surface area contributed by atoms with Crippen molar-refractivity contribution in [1.29, 1.82) is 0 Å². The SMILES string of the molecule is Cc1nn(C)c2sc(C(=O)Nc3nc(-c4ccccc4)c(C(C)C)s3)cc12. The van der Waals surface area contributed by atoms with Gasteiger partial charge in [-0.3, -0.25) is 14.8 Å². The third kappa shape index (κ3) is 3.28. The largest absolute Gasteiger partial charge is 0.297 e. The fraction of sp³-hybridized carbons (Fsp3) is 0.250. The second kappa shape index (κ2) is 6.90. The van der Waals surface area contributed by atoms with Gasteiger partial charge in [0.25, 0.3) is 5.91 Å². The number of hydrogen-bond acceptors (Lipinski definition) is 5. The van der Waals surface area contributed by atoms with Crippen molar-refractivity contribution in [3.8, 4) is 11.3 Å². The molecule has 0 aliphatic heterocycles. The molecule has 5 nitrogen and oxygen atoms in total. The molecule has 0 spiro atoms. The van der Waals surface area contributed by atoms with Crippen molar-refractivity contribution in [3.05, 3.63) is 51.8 Å². The van der Waals surface area contributed by atoms with Crippen molar-refractivity contribution in [2.75, 3.05) is 5.32 Å². The number of carbonyl (C=O) groups excluding carboxylic acids is 1. The Kier molecular flexibility index (Phi) is 4.57. The maximum atomic E-state index is 12.8. The third-order valence-corrected chi connectivity index (χ3v) is 6.84. The Morgan fingerprint density at radius 3 is 2.59 bits per heavy atom. The molecule has 0 unspecified atom stereocenters. The Labute approximate surface area is 165 Å². The number of nitrogens with one attached hydrogen (secondary N) is 1. The summed E-state index contributed by atoms with van der Waals surface area (Å²) in [6, 6.07) is 12.0. The van der Waals surface area contributed by atoms with E-state index in [4.69, 9.17) is 4.98 Å². The van der Waals surface area contributed by atoms with E-state index in [1.807, 2.05) is 55.1 Å². The van der Waals surface area contributed by atoms with Crippen LogP contribution in [0.2, 0.25) is 0 Å². The second-order valence-corrected chi connectivity index (χ2v) is 8.81. The van der Waals surface area contributed by atoms with E-state index < -0.39 is 0 Å². The molecule has 4 rings (SSSR count). The molecular formula is C20H20N4OS2. The predicted molar refractivity (Wildman–Crippen MR) is 113 cm³/mol. The molecule has 0 saturated carbocycles. The molecule has 3 heterocycles. The molecule has 0 bridgehead atoms. The smallest absolute Gasteiger partial charge is 0.267 e. The van der Waals surface area contributed by atoms with Crippen LogP contribution in [-0.2, 0) is 7.05 Å². The van der Waals surface area contributed by atoms with Gasteiger partial charge in [0.15, 0.2) is 5.13 Å². The molecule has 0 saturated heterocycles. The predicted octanol–water partition coefficient (Wildman–Crippen LogP) is 5.44. The van der Waals surface area contributed by atoms with Gasteiger partial charge in [0.2, 0.25) is 0 Å². The highest BCUT2D eigenvalue weighted by Gasteiger charge is 2.19. The molecule has 0 fully saturated rings. The van der Waals surface area contributed by atoms with Crippen LogP contribution < -0.4 is 5.32 Å². The normalized spacial score (nSPS) is 11.4. The van der Waals surface area contributed by atoms with Crippen LogP contribution in [0.1, 0.15) is 40.0 Å². The van der Waals surface area contributed by atoms with E-state index in [2.05, 4.69) is 24.3 Å². The molecule has 27 heavy (non-hydrogen) atoms. The average molecular weight is 397 g/mol. The summed E-state index contributed by atoms with van der Waals surface area (Å²) >= 11 is 3.00. The van der Waals surface area contributed by atoms with E-state index in [1.165, 1.54) is 16.2 Å². The Morgan fingerprint density at radius 2 is 1.93 bits per heavy atom. The summed E-state index contributed by atoms with van der Waals surface area (Å²) in [5.74, 6) is 0.209. The van der Waals surface area contributed by atoms with Crippen LogP contribution in [-0.4, -0.2) is 20.7 Å². The number of carbonyl (C=O) groups is 1. The van der Waals surface area contributed by atoms with Gasteiger partial charge in [0.05, 0.1) is 16.3 Å². The second-order valence-electron chi connectivity index (χ2n) is 6.75. The van der Waals surface area contributed by atoms with Gasteiger partial charge < -0.3 is 0 Å². The topological polar surface area (TPSA) is 59.8 Å². The lowest BCUT2D eigenvalue weighted by atomic mass is 10.1. The van der Waals surface area contributed by atoms with E-state index in [-0.39, 0.29) is 5.91 Å². The van der Waals surface area contributed by atoms with Gasteiger partial charge in [-0.1, -0.05) is 44.2 Å². The van der Waals surface area contributed by atoms with Crippen molar-refractivity contribution >= 4 is 43.9 Å². The Hall–Kier alpha value is -2.51. The maximum absolute atomic E-state index is 12.8. The average Bonchev–Trinajstić information content (AvgIpc) is 3.32. The lowest BCUT2D eigenvalue weighted by molar-refractivity contribution is 0.103. The summed E-state index contributed by atoms with van der Waals surface area (Å²) < 4.78 is 1.82. The first-order valence-electron chi connectivity index (χ1n) is 8.74. The first-order chi connectivity index (χ1) is 12.9. The number of nitrogens with zero attached hydrogens (tertiary/aromatic N) is 3. The molecule has 0 aliphatic rings. The Morgan fingerprint density at radius 1 is 1.19 bits per heavy atom. The minimum Gasteiger partial charge on any atom is -0.297 e. The van der Waals surface area contributed by atoms with Crippen LogP contribution in [0.3, 0.4) is 0 Å². The lowest BCUT2D eigenvalue weighted by Crippen LogP contribution is -2.09. The van der Waals surface area contributed by atoms with Crippen molar-refractivity contribution in [3.63, 3.8) is 0 Å². The van der Waals surface area contributed by atoms with E-state index in [9.17, 15) is 4.79 Å². The van der Waals surface area contributed by atoms with Crippen LogP contribution in [0.15, 0.2) is 36.4 Å². The summed E-state index contributed by atoms with van der Waals surface area (Å²) in [5.41, 5.74) is 2.95. The number of aryl methyl sites for hydroxylation is 2. The molecule has 0 atom stereocenters. The Balaban J connectivity index is 1.65. The van der Waals surface area contributed by atoms with Crippen molar-refractivity contribution < 1.29 is 4.79 Å². The summed E-state index contributed by atoms with van der Waals surface area (Å²) in [4.78, 5) is 20.3. The molecule has 3 aromatic heterocycles. The standard InChI is InChI=1S/C20H20N4OS2/c1-11(2)17-16(13-8-6-5-7-9-13)21-20(27-17)22-18(25)15-10-14-12(3)23-24(4)19(14)26-15/h5-11H,1-4H3,(H,21,22,25). The minimum absolute atomic E-state index is 0.126. The zero-order valence-electron chi connectivity index (χ0n) is 15.6. The number of thiophene rings is 1. The number of benzene rings is 1. The van der Waals surface area contributed by atoms with E-state index in [1.54, 1.807) is 11.3 Å². The van der Waals surface area contributed by atoms with Gasteiger partial charge in [-0.2, -0.15) is 5.10 Å². The molecule has 7 heteroatoms. The fourth-order valence-corrected chi connectivity index (χ4v) is 5.06. The van der Waals surface area contributed by atoms with Crippen molar-refractivity contribution in [2.24, 2.45) is 7.05 Å². The van der Waals surface area contributed by atoms with E-state index >= 15 is 0 Å². The minimum atomic E-state index is -0.126. The number of anilines is 1. The molecule has 1 amide bonds. The molecule has 138 valence electrons. The van der Waals surface area contributed by atoms with Crippen LogP contribution in [0.4, 0.5) is 5.13 Å². The molecule has 1 N–H and O–H groups in total. The number of rotatable bonds is 4. The summed E-state index contributed by atoms with van der Waals surface area (Å²) in [6.07, 6.45) is 0. The molecule has 0 aliphatic carbocycles. The van der Waals surface area contributed by atoms with Crippen LogP contribution in [0, 0.1) is 6.92 Å². The van der Waals surface area contributed by atoms with Gasteiger partial charge >= 0.3 is 0 Å². The molecule has 4 aromatic rings. The molecule has 0 radical (unpaired) electrons. The van der Waals surface area contributed by atoms with E-state index in [0.717, 1.165) is 27.2 Å². The highest BCUT2D eigenvalue weighted by atomic mass is 32.1. The number of amides is 1. The maximum Gasteiger partial charge on any atom is 0.267 e. The monoisotopic (exact) mass is 396 g/mol. The fourth-order valence-electron chi connectivity index (χ4n) is 3.06. The van der Waals surface area contributed by atoms with Gasteiger partial charge in [-0.25, -0.2) is 4.98 Å².